The highest BCUT2D eigenvalue weighted by atomic mass is 19.1. The van der Waals surface area contributed by atoms with Gasteiger partial charge in [0.25, 0.3) is 0 Å². The van der Waals surface area contributed by atoms with Crippen LogP contribution in [-0.2, 0) is 4.79 Å². The number of benzene rings is 1. The predicted octanol–water partition coefficient (Wildman–Crippen LogP) is 2.36. The first kappa shape index (κ1) is 10.6. The summed E-state index contributed by atoms with van der Waals surface area (Å²) in [4.78, 5) is 10.2. The van der Waals surface area contributed by atoms with E-state index in [0.29, 0.717) is 12.4 Å². The number of phenols is 1. The van der Waals surface area contributed by atoms with E-state index in [1.165, 1.54) is 0 Å². The van der Waals surface area contributed by atoms with Crippen LogP contribution >= 0.6 is 0 Å². The number of halogens is 2. The molecule has 0 fully saturated rings. The molecule has 0 aliphatic heterocycles. The third-order valence-electron chi connectivity index (χ3n) is 2.05. The summed E-state index contributed by atoms with van der Waals surface area (Å²) in [6.45, 7) is 1.63. The number of rotatable bonds is 3. The van der Waals surface area contributed by atoms with Gasteiger partial charge in [-0.3, -0.25) is 0 Å². The normalized spacial score (nSPS) is 12.5. The van der Waals surface area contributed by atoms with Gasteiger partial charge in [0.15, 0.2) is 11.6 Å². The molecule has 0 aliphatic carbocycles. The fourth-order valence-corrected chi connectivity index (χ4v) is 1.20. The summed E-state index contributed by atoms with van der Waals surface area (Å²) >= 11 is 0. The average Bonchev–Trinajstić information content (AvgIpc) is 2.11. The van der Waals surface area contributed by atoms with Crippen LogP contribution in [-0.4, -0.2) is 11.4 Å². The number of phenolic OH excluding ortho intramolecular Hbond substituents is 1. The molecule has 1 unspecified atom stereocenters. The van der Waals surface area contributed by atoms with Crippen molar-refractivity contribution in [2.75, 3.05) is 0 Å². The maximum atomic E-state index is 13.1. The summed E-state index contributed by atoms with van der Waals surface area (Å²) in [5.74, 6) is -2.70. The molecule has 0 amide bonds. The zero-order valence-corrected chi connectivity index (χ0v) is 7.63. The number of aldehydes is 1. The standard InChI is InChI=1S/C10H10F2O2/c1-6(2-3-13)7-4-10(14)9(12)5-8(7)11/h3-6,14H,2H2,1H3. The van der Waals surface area contributed by atoms with E-state index < -0.39 is 17.4 Å². The molecule has 1 rings (SSSR count). The van der Waals surface area contributed by atoms with Crippen molar-refractivity contribution in [3.63, 3.8) is 0 Å². The first-order valence-electron chi connectivity index (χ1n) is 4.17. The summed E-state index contributed by atoms with van der Waals surface area (Å²) in [6, 6.07) is 1.63. The molecule has 4 heteroatoms. The molecule has 0 saturated heterocycles. The van der Waals surface area contributed by atoms with Crippen molar-refractivity contribution < 1.29 is 18.7 Å². The van der Waals surface area contributed by atoms with E-state index in [0.717, 1.165) is 6.07 Å². The molecule has 1 aromatic carbocycles. The van der Waals surface area contributed by atoms with Crippen molar-refractivity contribution in [3.05, 3.63) is 29.3 Å². The van der Waals surface area contributed by atoms with Gasteiger partial charge < -0.3 is 9.90 Å². The van der Waals surface area contributed by atoms with Crippen LogP contribution in [0.3, 0.4) is 0 Å². The number of carbonyl (C=O) groups is 1. The number of carbonyl (C=O) groups excluding carboxylic acids is 1. The Labute approximate surface area is 80.2 Å². The van der Waals surface area contributed by atoms with Gasteiger partial charge in [0.1, 0.15) is 12.1 Å². The van der Waals surface area contributed by atoms with Crippen LogP contribution in [0.5, 0.6) is 5.75 Å². The summed E-state index contributed by atoms with van der Waals surface area (Å²) in [6.07, 6.45) is 0.798. The van der Waals surface area contributed by atoms with Gasteiger partial charge >= 0.3 is 0 Å². The van der Waals surface area contributed by atoms with E-state index in [-0.39, 0.29) is 17.9 Å². The molecule has 0 radical (unpaired) electrons. The van der Waals surface area contributed by atoms with Crippen LogP contribution in [0.4, 0.5) is 8.78 Å². The lowest BCUT2D eigenvalue weighted by atomic mass is 9.97. The van der Waals surface area contributed by atoms with Crippen LogP contribution in [0.15, 0.2) is 12.1 Å². The molecule has 0 aromatic heterocycles. The minimum Gasteiger partial charge on any atom is -0.505 e. The molecule has 0 bridgehead atoms. The van der Waals surface area contributed by atoms with Gasteiger partial charge in [0, 0.05) is 12.5 Å². The van der Waals surface area contributed by atoms with Crippen LogP contribution in [0, 0.1) is 11.6 Å². The van der Waals surface area contributed by atoms with E-state index in [4.69, 9.17) is 5.11 Å². The van der Waals surface area contributed by atoms with Crippen molar-refractivity contribution in [3.8, 4) is 5.75 Å². The second-order valence-electron chi connectivity index (χ2n) is 3.13. The molecule has 14 heavy (non-hydrogen) atoms. The fourth-order valence-electron chi connectivity index (χ4n) is 1.20. The number of aromatic hydroxyl groups is 1. The van der Waals surface area contributed by atoms with Crippen molar-refractivity contribution in [1.29, 1.82) is 0 Å². The zero-order chi connectivity index (χ0) is 10.7. The second kappa shape index (κ2) is 4.17. The Kier molecular flexibility index (Phi) is 3.17. The highest BCUT2D eigenvalue weighted by molar-refractivity contribution is 5.51. The molecular formula is C10H10F2O2. The van der Waals surface area contributed by atoms with Crippen LogP contribution in [0.1, 0.15) is 24.8 Å². The Balaban J connectivity index is 3.08. The van der Waals surface area contributed by atoms with Gasteiger partial charge in [-0.25, -0.2) is 8.78 Å². The van der Waals surface area contributed by atoms with Crippen molar-refractivity contribution in [1.82, 2.24) is 0 Å². The van der Waals surface area contributed by atoms with Crippen LogP contribution in [0.2, 0.25) is 0 Å². The monoisotopic (exact) mass is 200 g/mol. The van der Waals surface area contributed by atoms with Gasteiger partial charge in [-0.1, -0.05) is 6.92 Å². The highest BCUT2D eigenvalue weighted by Gasteiger charge is 2.14. The minimum atomic E-state index is -0.996. The molecule has 0 saturated carbocycles. The van der Waals surface area contributed by atoms with Crippen LogP contribution in [0.25, 0.3) is 0 Å². The Morgan fingerprint density at radius 2 is 2.07 bits per heavy atom. The molecule has 1 aromatic rings. The van der Waals surface area contributed by atoms with Crippen molar-refractivity contribution >= 4 is 6.29 Å². The quantitative estimate of drug-likeness (QED) is 0.760. The molecule has 1 atom stereocenters. The van der Waals surface area contributed by atoms with Crippen molar-refractivity contribution in [2.45, 2.75) is 19.3 Å². The van der Waals surface area contributed by atoms with Gasteiger partial charge in [0.05, 0.1) is 0 Å². The first-order valence-corrected chi connectivity index (χ1v) is 4.17. The minimum absolute atomic E-state index is 0.141. The van der Waals surface area contributed by atoms with Gasteiger partial charge in [-0.15, -0.1) is 0 Å². The molecule has 2 nitrogen and oxygen atoms in total. The van der Waals surface area contributed by atoms with E-state index in [2.05, 4.69) is 0 Å². The van der Waals surface area contributed by atoms with Gasteiger partial charge in [-0.2, -0.15) is 0 Å². The average molecular weight is 200 g/mol. The lowest BCUT2D eigenvalue weighted by molar-refractivity contribution is -0.108. The summed E-state index contributed by atoms with van der Waals surface area (Å²) in [5.41, 5.74) is 0.149. The van der Waals surface area contributed by atoms with Gasteiger partial charge in [0.2, 0.25) is 0 Å². The van der Waals surface area contributed by atoms with Crippen molar-refractivity contribution in [2.24, 2.45) is 0 Å². The third-order valence-corrected chi connectivity index (χ3v) is 2.05. The lowest BCUT2D eigenvalue weighted by Gasteiger charge is -2.10. The largest absolute Gasteiger partial charge is 0.505 e. The van der Waals surface area contributed by atoms with E-state index in [1.54, 1.807) is 6.92 Å². The van der Waals surface area contributed by atoms with E-state index in [1.807, 2.05) is 0 Å². The molecular weight excluding hydrogens is 190 g/mol. The second-order valence-corrected chi connectivity index (χ2v) is 3.13. The third kappa shape index (κ3) is 2.07. The van der Waals surface area contributed by atoms with Crippen LogP contribution < -0.4 is 0 Å². The maximum absolute atomic E-state index is 13.1. The Morgan fingerprint density at radius 3 is 2.64 bits per heavy atom. The molecule has 0 aliphatic rings. The fraction of sp³-hybridized carbons (Fsp3) is 0.300. The maximum Gasteiger partial charge on any atom is 0.167 e. The molecule has 0 heterocycles. The predicted molar refractivity (Wildman–Crippen MR) is 47.1 cm³/mol. The first-order chi connectivity index (χ1) is 6.56. The number of hydrogen-bond donors (Lipinski definition) is 1. The van der Waals surface area contributed by atoms with Gasteiger partial charge in [-0.05, 0) is 17.5 Å². The van der Waals surface area contributed by atoms with E-state index >= 15 is 0 Å². The summed E-state index contributed by atoms with van der Waals surface area (Å²) in [5, 5.41) is 9.01. The smallest absolute Gasteiger partial charge is 0.167 e. The summed E-state index contributed by atoms with van der Waals surface area (Å²) in [7, 11) is 0. The Hall–Kier alpha value is -1.45. The number of hydrogen-bond acceptors (Lipinski definition) is 2. The Bertz CT molecular complexity index is 350. The zero-order valence-electron chi connectivity index (χ0n) is 7.63. The SMILES string of the molecule is CC(CC=O)c1cc(O)c(F)cc1F. The summed E-state index contributed by atoms with van der Waals surface area (Å²) < 4.78 is 25.8. The van der Waals surface area contributed by atoms with E-state index in [9.17, 15) is 13.6 Å². The molecule has 0 spiro atoms. The molecule has 1 N–H and O–H groups in total. The lowest BCUT2D eigenvalue weighted by Crippen LogP contribution is -1.99. The Morgan fingerprint density at radius 1 is 1.43 bits per heavy atom. The molecule has 76 valence electrons. The highest BCUT2D eigenvalue weighted by Crippen LogP contribution is 2.27. The topological polar surface area (TPSA) is 37.3 Å².